The molecule has 1 saturated carbocycles. The van der Waals surface area contributed by atoms with Crippen molar-refractivity contribution in [2.45, 2.75) is 52.2 Å². The lowest BCUT2D eigenvalue weighted by Crippen LogP contribution is -2.38. The van der Waals surface area contributed by atoms with Crippen LogP contribution in [0.15, 0.2) is 24.4 Å². The predicted octanol–water partition coefficient (Wildman–Crippen LogP) is 2.05. The van der Waals surface area contributed by atoms with Crippen LogP contribution in [-0.2, 0) is 24.4 Å². The third kappa shape index (κ3) is 3.86. The highest BCUT2D eigenvalue weighted by molar-refractivity contribution is 5.93. The maximum atomic E-state index is 12.6. The minimum Gasteiger partial charge on any atom is -0.346 e. The summed E-state index contributed by atoms with van der Waals surface area (Å²) in [7, 11) is 0. The first-order valence-electron chi connectivity index (χ1n) is 9.65. The van der Waals surface area contributed by atoms with Crippen LogP contribution in [0.25, 0.3) is 0 Å². The van der Waals surface area contributed by atoms with E-state index in [-0.39, 0.29) is 17.7 Å². The zero-order valence-electron chi connectivity index (χ0n) is 15.6. The van der Waals surface area contributed by atoms with E-state index in [1.807, 2.05) is 28.6 Å². The number of carbonyl (C=O) groups is 2. The van der Waals surface area contributed by atoms with Gasteiger partial charge in [-0.1, -0.05) is 6.42 Å². The van der Waals surface area contributed by atoms with Gasteiger partial charge in [0.05, 0.1) is 30.0 Å². The first-order valence-corrected chi connectivity index (χ1v) is 9.65. The first kappa shape index (κ1) is 17.7. The molecule has 7 heteroatoms. The molecule has 2 amide bonds. The van der Waals surface area contributed by atoms with Crippen LogP contribution in [0.2, 0.25) is 0 Å². The fourth-order valence-electron chi connectivity index (χ4n) is 3.58. The van der Waals surface area contributed by atoms with Crippen molar-refractivity contribution < 1.29 is 9.59 Å². The summed E-state index contributed by atoms with van der Waals surface area (Å²) in [5, 5.41) is 7.51. The molecule has 142 valence electrons. The van der Waals surface area contributed by atoms with Gasteiger partial charge in [0.1, 0.15) is 0 Å². The van der Waals surface area contributed by atoms with Gasteiger partial charge in [-0.3, -0.25) is 19.3 Å². The molecule has 4 rings (SSSR count). The normalized spacial score (nSPS) is 17.0. The monoisotopic (exact) mass is 367 g/mol. The van der Waals surface area contributed by atoms with Gasteiger partial charge in [-0.05, 0) is 44.4 Å². The van der Waals surface area contributed by atoms with Crippen LogP contribution >= 0.6 is 0 Å². The van der Waals surface area contributed by atoms with Gasteiger partial charge < -0.3 is 10.2 Å². The van der Waals surface area contributed by atoms with E-state index in [1.165, 1.54) is 6.42 Å². The largest absolute Gasteiger partial charge is 0.346 e. The Morgan fingerprint density at radius 1 is 1.22 bits per heavy atom. The van der Waals surface area contributed by atoms with E-state index in [0.717, 1.165) is 49.4 Å². The minimum atomic E-state index is -0.160. The molecule has 0 atom stereocenters. The van der Waals surface area contributed by atoms with Crippen molar-refractivity contribution in [1.29, 1.82) is 0 Å². The number of aromatic nitrogens is 3. The second-order valence-corrected chi connectivity index (χ2v) is 7.46. The lowest BCUT2D eigenvalue weighted by molar-refractivity contribution is -0.138. The van der Waals surface area contributed by atoms with Crippen molar-refractivity contribution in [3.05, 3.63) is 47.0 Å². The molecule has 2 aromatic heterocycles. The van der Waals surface area contributed by atoms with Crippen molar-refractivity contribution in [3.8, 4) is 0 Å². The van der Waals surface area contributed by atoms with Crippen LogP contribution in [-0.4, -0.2) is 38.0 Å². The molecular formula is C20H25N5O2. The third-order valence-corrected chi connectivity index (χ3v) is 5.43. The maximum Gasteiger partial charge on any atom is 0.253 e. The number of rotatable bonds is 4. The van der Waals surface area contributed by atoms with Crippen molar-refractivity contribution in [2.75, 3.05) is 6.54 Å². The van der Waals surface area contributed by atoms with E-state index in [4.69, 9.17) is 0 Å². The Labute approximate surface area is 158 Å². The Morgan fingerprint density at radius 3 is 2.78 bits per heavy atom. The Balaban J connectivity index is 1.39. The second kappa shape index (κ2) is 7.50. The van der Waals surface area contributed by atoms with E-state index < -0.39 is 0 Å². The standard InChI is InChI=1S/C20H25N5O2/c1-14-6-7-16(11-21-14)19(26)22-12-17-10-18-13-24(8-3-9-25(18)23-17)20(27)15-4-2-5-15/h6-7,10-11,15H,2-5,8-9,12-13H2,1H3,(H,22,26). The lowest BCUT2D eigenvalue weighted by Gasteiger charge is -2.30. The Kier molecular flexibility index (Phi) is 4.92. The van der Waals surface area contributed by atoms with Crippen LogP contribution < -0.4 is 5.32 Å². The molecule has 0 unspecified atom stereocenters. The number of hydrogen-bond donors (Lipinski definition) is 1. The number of hydrogen-bond acceptors (Lipinski definition) is 4. The van der Waals surface area contributed by atoms with E-state index in [9.17, 15) is 9.59 Å². The highest BCUT2D eigenvalue weighted by atomic mass is 16.2. The van der Waals surface area contributed by atoms with E-state index in [0.29, 0.717) is 18.7 Å². The molecule has 1 aliphatic carbocycles. The van der Waals surface area contributed by atoms with Gasteiger partial charge in [0.25, 0.3) is 5.91 Å². The van der Waals surface area contributed by atoms with Gasteiger partial charge >= 0.3 is 0 Å². The predicted molar refractivity (Wildman–Crippen MR) is 99.7 cm³/mol. The maximum absolute atomic E-state index is 12.6. The van der Waals surface area contributed by atoms with E-state index in [1.54, 1.807) is 12.3 Å². The molecule has 0 bridgehead atoms. The minimum absolute atomic E-state index is 0.160. The summed E-state index contributed by atoms with van der Waals surface area (Å²) < 4.78 is 1.98. The number of carbonyl (C=O) groups excluding carboxylic acids is 2. The average molecular weight is 367 g/mol. The third-order valence-electron chi connectivity index (χ3n) is 5.43. The highest BCUT2D eigenvalue weighted by Crippen LogP contribution is 2.29. The van der Waals surface area contributed by atoms with Gasteiger partial charge in [-0.2, -0.15) is 5.10 Å². The summed E-state index contributed by atoms with van der Waals surface area (Å²) in [6, 6.07) is 5.59. The van der Waals surface area contributed by atoms with Crippen LogP contribution in [0.3, 0.4) is 0 Å². The molecule has 1 fully saturated rings. The summed E-state index contributed by atoms with van der Waals surface area (Å²) in [4.78, 5) is 31.0. The summed E-state index contributed by atoms with van der Waals surface area (Å²) >= 11 is 0. The van der Waals surface area contributed by atoms with Crippen molar-refractivity contribution >= 4 is 11.8 Å². The summed E-state index contributed by atoms with van der Waals surface area (Å²) in [5.74, 6) is 0.353. The summed E-state index contributed by atoms with van der Waals surface area (Å²) in [5.41, 5.74) is 3.28. The van der Waals surface area contributed by atoms with Gasteiger partial charge in [0.2, 0.25) is 5.91 Å². The lowest BCUT2D eigenvalue weighted by atomic mass is 9.84. The molecular weight excluding hydrogens is 342 g/mol. The Morgan fingerprint density at radius 2 is 2.07 bits per heavy atom. The van der Waals surface area contributed by atoms with Crippen LogP contribution in [0.5, 0.6) is 0 Å². The summed E-state index contributed by atoms with van der Waals surface area (Å²) in [6.07, 6.45) is 5.72. The van der Waals surface area contributed by atoms with Crippen LogP contribution in [0, 0.1) is 12.8 Å². The molecule has 0 aromatic carbocycles. The second-order valence-electron chi connectivity index (χ2n) is 7.46. The van der Waals surface area contributed by atoms with Crippen molar-refractivity contribution in [1.82, 2.24) is 25.0 Å². The molecule has 1 aliphatic heterocycles. The molecule has 27 heavy (non-hydrogen) atoms. The van der Waals surface area contributed by atoms with Gasteiger partial charge in [-0.15, -0.1) is 0 Å². The Bertz CT molecular complexity index is 839. The molecule has 1 N–H and O–H groups in total. The molecule has 0 saturated heterocycles. The van der Waals surface area contributed by atoms with Crippen molar-refractivity contribution in [3.63, 3.8) is 0 Å². The number of fused-ring (bicyclic) bond motifs is 1. The zero-order valence-corrected chi connectivity index (χ0v) is 15.6. The number of pyridine rings is 1. The van der Waals surface area contributed by atoms with Crippen molar-refractivity contribution in [2.24, 2.45) is 5.92 Å². The topological polar surface area (TPSA) is 80.1 Å². The molecule has 0 spiro atoms. The molecule has 2 aromatic rings. The van der Waals surface area contributed by atoms with Gasteiger partial charge in [0, 0.05) is 30.9 Å². The number of amides is 2. The number of nitrogens with one attached hydrogen (secondary N) is 1. The van der Waals surface area contributed by atoms with Crippen LogP contribution in [0.1, 0.15) is 53.1 Å². The number of nitrogens with zero attached hydrogens (tertiary/aromatic N) is 4. The molecule has 2 aliphatic rings. The highest BCUT2D eigenvalue weighted by Gasteiger charge is 2.30. The molecule has 7 nitrogen and oxygen atoms in total. The van der Waals surface area contributed by atoms with E-state index in [2.05, 4.69) is 15.4 Å². The first-order chi connectivity index (χ1) is 13.1. The Hall–Kier alpha value is -2.70. The van der Waals surface area contributed by atoms with Gasteiger partial charge in [0.15, 0.2) is 0 Å². The quantitative estimate of drug-likeness (QED) is 0.897. The zero-order chi connectivity index (χ0) is 18.8. The molecule has 3 heterocycles. The van der Waals surface area contributed by atoms with Crippen LogP contribution in [0.4, 0.5) is 0 Å². The smallest absolute Gasteiger partial charge is 0.253 e. The summed E-state index contributed by atoms with van der Waals surface area (Å²) in [6.45, 7) is 4.46. The average Bonchev–Trinajstić information content (AvgIpc) is 2.89. The molecule has 0 radical (unpaired) electrons. The fourth-order valence-corrected chi connectivity index (χ4v) is 3.58. The fraction of sp³-hybridized carbons (Fsp3) is 0.500. The van der Waals surface area contributed by atoms with E-state index >= 15 is 0 Å². The van der Waals surface area contributed by atoms with Gasteiger partial charge in [-0.25, -0.2) is 0 Å². The number of aryl methyl sites for hydroxylation is 2. The SMILES string of the molecule is Cc1ccc(C(=O)NCc2cc3n(n2)CCCN(C(=O)C2CCC2)C3)cn1.